The van der Waals surface area contributed by atoms with Crippen molar-refractivity contribution in [1.29, 1.82) is 5.26 Å². The zero-order chi connectivity index (χ0) is 26.4. The first-order valence-corrected chi connectivity index (χ1v) is 14.6. The van der Waals surface area contributed by atoms with Crippen molar-refractivity contribution >= 4 is 52.3 Å². The van der Waals surface area contributed by atoms with Crippen LogP contribution in [-0.4, -0.2) is 27.9 Å². The lowest BCUT2D eigenvalue weighted by Gasteiger charge is -2.38. The Kier molecular flexibility index (Phi) is 7.25. The number of rotatable bonds is 7. The van der Waals surface area contributed by atoms with Crippen LogP contribution in [0.2, 0.25) is 0 Å². The molecule has 186 valence electrons. The molecule has 1 aromatic heterocycles. The number of hydrogen-bond donors (Lipinski definition) is 1. The first kappa shape index (κ1) is 27.3. The highest BCUT2D eigenvalue weighted by atomic mass is 32.2. The van der Waals surface area contributed by atoms with E-state index in [1.165, 1.54) is 31.3 Å². The summed E-state index contributed by atoms with van der Waals surface area (Å²) in [6, 6.07) is 10.8. The predicted molar refractivity (Wildman–Crippen MR) is 144 cm³/mol. The van der Waals surface area contributed by atoms with Crippen molar-refractivity contribution in [2.45, 2.75) is 62.9 Å². The maximum atomic E-state index is 15.7. The third-order valence-electron chi connectivity index (χ3n) is 6.39. The van der Waals surface area contributed by atoms with Crippen LogP contribution in [-0.2, 0) is 26.2 Å². The summed E-state index contributed by atoms with van der Waals surface area (Å²) in [7, 11) is -5.81. The quantitative estimate of drug-likeness (QED) is 0.416. The molecule has 2 aromatic carbocycles. The van der Waals surface area contributed by atoms with Crippen molar-refractivity contribution in [2.75, 3.05) is 5.75 Å². The van der Waals surface area contributed by atoms with Crippen LogP contribution in [0.1, 0.15) is 59.1 Å². The highest BCUT2D eigenvalue weighted by Crippen LogP contribution is 2.43. The van der Waals surface area contributed by atoms with Crippen LogP contribution in [0.5, 0.6) is 0 Å². The summed E-state index contributed by atoms with van der Waals surface area (Å²) in [6.07, 6.45) is 0.0287. The SMILES string of the molecule is CC#Cc1ccc2sc3cc(F)c([C@@](C)(CC(C)(C)S(N)=O)CS(=O)(=O)C(C)(C)C#N)cc3c2c1. The van der Waals surface area contributed by atoms with Gasteiger partial charge in [0.1, 0.15) is 5.82 Å². The lowest BCUT2D eigenvalue weighted by atomic mass is 9.76. The highest BCUT2D eigenvalue weighted by Gasteiger charge is 2.46. The molecule has 1 heterocycles. The van der Waals surface area contributed by atoms with E-state index in [1.54, 1.807) is 33.8 Å². The van der Waals surface area contributed by atoms with Gasteiger partial charge in [0.15, 0.2) is 14.6 Å². The first-order chi connectivity index (χ1) is 16.1. The minimum Gasteiger partial charge on any atom is -0.251 e. The molecule has 9 heteroatoms. The molecule has 3 aromatic rings. The van der Waals surface area contributed by atoms with Gasteiger partial charge in [-0.05, 0) is 76.9 Å². The van der Waals surface area contributed by atoms with Crippen LogP contribution in [0.4, 0.5) is 4.39 Å². The molecule has 0 aliphatic heterocycles. The summed E-state index contributed by atoms with van der Waals surface area (Å²) in [5.41, 5.74) is -0.294. The van der Waals surface area contributed by atoms with Crippen LogP contribution in [0.3, 0.4) is 0 Å². The van der Waals surface area contributed by atoms with E-state index in [0.717, 1.165) is 25.7 Å². The van der Waals surface area contributed by atoms with E-state index in [4.69, 9.17) is 5.14 Å². The number of nitrogens with two attached hydrogens (primary N) is 1. The second-order valence-corrected chi connectivity index (χ2v) is 15.5. The van der Waals surface area contributed by atoms with Crippen molar-refractivity contribution in [3.05, 3.63) is 47.3 Å². The molecule has 0 aliphatic carbocycles. The van der Waals surface area contributed by atoms with Crippen molar-refractivity contribution in [2.24, 2.45) is 5.14 Å². The maximum absolute atomic E-state index is 15.7. The van der Waals surface area contributed by atoms with Gasteiger partial charge in [-0.2, -0.15) is 5.26 Å². The number of thiophene rings is 1. The number of hydrogen-bond acceptors (Lipinski definition) is 5. The molecule has 5 nitrogen and oxygen atoms in total. The number of halogens is 1. The number of nitrogens with zero attached hydrogens (tertiary/aromatic N) is 1. The molecule has 2 N–H and O–H groups in total. The van der Waals surface area contributed by atoms with Gasteiger partial charge in [-0.3, -0.25) is 5.14 Å². The monoisotopic (exact) mass is 532 g/mol. The Morgan fingerprint density at radius 3 is 2.29 bits per heavy atom. The van der Waals surface area contributed by atoms with Crippen LogP contribution in [0, 0.1) is 29.0 Å². The lowest BCUT2D eigenvalue weighted by molar-refractivity contribution is 0.398. The van der Waals surface area contributed by atoms with Crippen LogP contribution in [0.15, 0.2) is 30.3 Å². The van der Waals surface area contributed by atoms with Gasteiger partial charge in [-0.15, -0.1) is 17.3 Å². The highest BCUT2D eigenvalue weighted by molar-refractivity contribution is 7.93. The molecule has 3 rings (SSSR count). The van der Waals surface area contributed by atoms with Gasteiger partial charge in [-0.1, -0.05) is 12.8 Å². The fourth-order valence-electron chi connectivity index (χ4n) is 4.39. The molecule has 0 fully saturated rings. The average Bonchev–Trinajstić information content (AvgIpc) is 3.08. The summed E-state index contributed by atoms with van der Waals surface area (Å²) < 4.78 is 53.6. The molecule has 0 saturated heterocycles. The summed E-state index contributed by atoms with van der Waals surface area (Å²) in [4.78, 5) is 0. The van der Waals surface area contributed by atoms with Crippen molar-refractivity contribution in [3.63, 3.8) is 0 Å². The Balaban J connectivity index is 2.32. The van der Waals surface area contributed by atoms with Crippen LogP contribution in [0.25, 0.3) is 20.2 Å². The Morgan fingerprint density at radius 1 is 1.09 bits per heavy atom. The molecule has 2 atom stereocenters. The Bertz CT molecular complexity index is 1550. The van der Waals surface area contributed by atoms with Gasteiger partial charge in [0.05, 0.1) is 27.6 Å². The Hall–Kier alpha value is -2.30. The van der Waals surface area contributed by atoms with Gasteiger partial charge < -0.3 is 0 Å². The molecule has 0 bridgehead atoms. The Labute approximate surface area is 213 Å². The van der Waals surface area contributed by atoms with E-state index in [0.29, 0.717) is 0 Å². The number of benzene rings is 2. The average molecular weight is 533 g/mol. The third-order valence-corrected chi connectivity index (χ3v) is 11.4. The molecule has 0 radical (unpaired) electrons. The minimum absolute atomic E-state index is 0.0287. The number of fused-ring (bicyclic) bond motifs is 3. The first-order valence-electron chi connectivity index (χ1n) is 11.0. The molecule has 1 unspecified atom stereocenters. The standard InChI is InChI=1S/C26H29FN2O3S3/c1-7-8-17-9-10-22-18(11-17)19-12-20(21(27)13-23(19)33-22)26(6,14-24(2,3)34(29)30)16-35(31,32)25(4,5)15-28/h9-13H,14,16,29H2,1-6H3/t26-,34?/m0/s1. The number of sulfone groups is 1. The molecule has 0 aliphatic rings. The van der Waals surface area contributed by atoms with Gasteiger partial charge in [0.25, 0.3) is 0 Å². The second kappa shape index (κ2) is 9.29. The number of nitriles is 1. The van der Waals surface area contributed by atoms with E-state index < -0.39 is 47.3 Å². The molecule has 0 amide bonds. The molecular formula is C26H29FN2O3S3. The van der Waals surface area contributed by atoms with E-state index in [9.17, 15) is 17.9 Å². The van der Waals surface area contributed by atoms with Gasteiger partial charge >= 0.3 is 0 Å². The second-order valence-electron chi connectivity index (χ2n) is 10.2. The third kappa shape index (κ3) is 5.15. The normalized spacial score (nSPS) is 15.3. The van der Waals surface area contributed by atoms with E-state index in [1.807, 2.05) is 24.3 Å². The maximum Gasteiger partial charge on any atom is 0.169 e. The fraction of sp³-hybridized carbons (Fsp3) is 0.423. The van der Waals surface area contributed by atoms with Crippen molar-refractivity contribution < 1.29 is 17.0 Å². The molecule has 0 saturated carbocycles. The minimum atomic E-state index is -4.01. The summed E-state index contributed by atoms with van der Waals surface area (Å²) in [5, 5.41) is 16.9. The van der Waals surface area contributed by atoms with Crippen LogP contribution >= 0.6 is 11.3 Å². The van der Waals surface area contributed by atoms with Crippen molar-refractivity contribution in [1.82, 2.24) is 0 Å². The van der Waals surface area contributed by atoms with Gasteiger partial charge in [0, 0.05) is 31.2 Å². The zero-order valence-corrected chi connectivity index (χ0v) is 23.1. The fourth-order valence-corrected chi connectivity index (χ4v) is 7.54. The predicted octanol–water partition coefficient (Wildman–Crippen LogP) is 5.33. The van der Waals surface area contributed by atoms with E-state index in [2.05, 4.69) is 11.8 Å². The summed E-state index contributed by atoms with van der Waals surface area (Å²) in [6.45, 7) is 9.38. The van der Waals surface area contributed by atoms with Crippen LogP contribution < -0.4 is 5.14 Å². The van der Waals surface area contributed by atoms with E-state index >= 15 is 4.39 Å². The van der Waals surface area contributed by atoms with Gasteiger partial charge in [0.2, 0.25) is 0 Å². The smallest absolute Gasteiger partial charge is 0.169 e. The summed E-state index contributed by atoms with van der Waals surface area (Å²) >= 11 is 1.44. The van der Waals surface area contributed by atoms with Crippen molar-refractivity contribution in [3.8, 4) is 17.9 Å². The molecular weight excluding hydrogens is 503 g/mol. The zero-order valence-electron chi connectivity index (χ0n) is 20.7. The topological polar surface area (TPSA) is 101 Å². The molecule has 0 spiro atoms. The largest absolute Gasteiger partial charge is 0.251 e. The van der Waals surface area contributed by atoms with Gasteiger partial charge in [-0.25, -0.2) is 17.0 Å². The molecule has 35 heavy (non-hydrogen) atoms. The lowest BCUT2D eigenvalue weighted by Crippen LogP contribution is -2.46. The Morgan fingerprint density at radius 2 is 1.71 bits per heavy atom. The summed E-state index contributed by atoms with van der Waals surface area (Å²) in [5.74, 6) is 4.85. The van der Waals surface area contributed by atoms with E-state index in [-0.39, 0.29) is 12.0 Å².